The summed E-state index contributed by atoms with van der Waals surface area (Å²) in [6.07, 6.45) is 7.16. The fraction of sp³-hybridized carbons (Fsp3) is 0.350. The summed E-state index contributed by atoms with van der Waals surface area (Å²) in [6, 6.07) is 5.22. The number of hydrogen-bond donors (Lipinski definition) is 1. The molecule has 0 bridgehead atoms. The van der Waals surface area contributed by atoms with Gasteiger partial charge in [0.05, 0.1) is 12.1 Å². The Labute approximate surface area is 167 Å². The predicted molar refractivity (Wildman–Crippen MR) is 107 cm³/mol. The Morgan fingerprint density at radius 3 is 2.96 bits per heavy atom. The van der Waals surface area contributed by atoms with Gasteiger partial charge in [0.25, 0.3) is 5.91 Å². The normalized spacial score (nSPS) is 16.9. The van der Waals surface area contributed by atoms with Crippen molar-refractivity contribution in [1.29, 1.82) is 0 Å². The number of carbonyl (C=O) groups excluding carboxylic acids is 2. The molecule has 0 aliphatic carbocycles. The minimum atomic E-state index is -0.561. The van der Waals surface area contributed by atoms with Crippen molar-refractivity contribution >= 4 is 29.2 Å². The van der Waals surface area contributed by atoms with Gasteiger partial charge in [0, 0.05) is 36.7 Å². The molecule has 2 heterocycles. The first kappa shape index (κ1) is 19.9. The average molecular weight is 401 g/mol. The van der Waals surface area contributed by atoms with Crippen LogP contribution >= 0.6 is 11.3 Å². The van der Waals surface area contributed by atoms with E-state index < -0.39 is 5.91 Å². The van der Waals surface area contributed by atoms with Gasteiger partial charge in [0.1, 0.15) is 0 Å². The number of benzene rings is 1. The molecular weight excluding hydrogens is 378 g/mol. The van der Waals surface area contributed by atoms with Crippen molar-refractivity contribution in [2.45, 2.75) is 18.8 Å². The zero-order valence-corrected chi connectivity index (χ0v) is 16.5. The highest BCUT2D eigenvalue weighted by atomic mass is 32.1. The van der Waals surface area contributed by atoms with Gasteiger partial charge in [-0.1, -0.05) is 6.07 Å². The summed E-state index contributed by atoms with van der Waals surface area (Å²) in [5.74, 6) is 0.626. The van der Waals surface area contributed by atoms with Crippen LogP contribution < -0.4 is 15.2 Å². The van der Waals surface area contributed by atoms with Crippen LogP contribution in [0.4, 0.5) is 0 Å². The molecule has 28 heavy (non-hydrogen) atoms. The second-order valence-corrected chi connectivity index (χ2v) is 7.42. The van der Waals surface area contributed by atoms with E-state index in [9.17, 15) is 9.59 Å². The Morgan fingerprint density at radius 2 is 2.25 bits per heavy atom. The molecule has 1 saturated heterocycles. The van der Waals surface area contributed by atoms with E-state index in [4.69, 9.17) is 15.2 Å². The number of nitrogens with zero attached hydrogens (tertiary/aromatic N) is 2. The number of hydrogen-bond acceptors (Lipinski definition) is 6. The van der Waals surface area contributed by atoms with E-state index in [1.165, 1.54) is 7.11 Å². The van der Waals surface area contributed by atoms with E-state index >= 15 is 0 Å². The van der Waals surface area contributed by atoms with E-state index in [0.29, 0.717) is 24.0 Å². The zero-order chi connectivity index (χ0) is 19.9. The Kier molecular flexibility index (Phi) is 6.65. The van der Waals surface area contributed by atoms with E-state index in [2.05, 4.69) is 4.98 Å². The monoisotopic (exact) mass is 401 g/mol. The number of methoxy groups -OCH3 is 1. The lowest BCUT2D eigenvalue weighted by molar-refractivity contribution is -0.127. The zero-order valence-electron chi connectivity index (χ0n) is 15.7. The molecule has 1 aromatic carbocycles. The Balaban J connectivity index is 1.64. The molecule has 0 spiro atoms. The maximum absolute atomic E-state index is 12.6. The summed E-state index contributed by atoms with van der Waals surface area (Å²) in [6.45, 7) is 1.23. The van der Waals surface area contributed by atoms with E-state index in [1.54, 1.807) is 41.7 Å². The third-order valence-electron chi connectivity index (χ3n) is 4.51. The van der Waals surface area contributed by atoms with Gasteiger partial charge in [-0.05, 0) is 36.6 Å². The number of amides is 2. The first-order valence-corrected chi connectivity index (χ1v) is 9.90. The lowest BCUT2D eigenvalue weighted by Gasteiger charge is -2.31. The molecule has 2 N–H and O–H groups in total. The number of thiazole rings is 1. The molecular formula is C20H23N3O4S. The molecule has 1 unspecified atom stereocenters. The Bertz CT molecular complexity index is 851. The summed E-state index contributed by atoms with van der Waals surface area (Å²) in [5, 5.41) is 3.07. The SMILES string of the molecule is COc1cc(/C=C/C(=O)N2CCCC(c3nccs3)C2)ccc1OCC(N)=O. The van der Waals surface area contributed by atoms with Crippen molar-refractivity contribution in [3.05, 3.63) is 46.4 Å². The highest BCUT2D eigenvalue weighted by Crippen LogP contribution is 2.30. The summed E-state index contributed by atoms with van der Waals surface area (Å²) in [5.41, 5.74) is 5.89. The molecule has 1 atom stereocenters. The van der Waals surface area contributed by atoms with Crippen molar-refractivity contribution in [2.75, 3.05) is 26.8 Å². The fourth-order valence-electron chi connectivity index (χ4n) is 3.14. The van der Waals surface area contributed by atoms with Crippen LogP contribution in [0.5, 0.6) is 11.5 Å². The first-order valence-electron chi connectivity index (χ1n) is 9.02. The fourth-order valence-corrected chi connectivity index (χ4v) is 3.91. The number of primary amides is 1. The molecule has 0 saturated carbocycles. The number of piperidine rings is 1. The van der Waals surface area contributed by atoms with Crippen LogP contribution in [0.25, 0.3) is 6.08 Å². The lowest BCUT2D eigenvalue weighted by Crippen LogP contribution is -2.38. The van der Waals surface area contributed by atoms with Crippen LogP contribution in [-0.4, -0.2) is 48.5 Å². The van der Waals surface area contributed by atoms with Crippen molar-refractivity contribution in [2.24, 2.45) is 5.73 Å². The van der Waals surface area contributed by atoms with Crippen molar-refractivity contribution in [3.63, 3.8) is 0 Å². The molecule has 2 amide bonds. The smallest absolute Gasteiger partial charge is 0.255 e. The molecule has 1 aliphatic heterocycles. The maximum Gasteiger partial charge on any atom is 0.255 e. The lowest BCUT2D eigenvalue weighted by atomic mass is 9.98. The first-order chi connectivity index (χ1) is 13.6. The molecule has 1 aliphatic rings. The number of aromatic nitrogens is 1. The van der Waals surface area contributed by atoms with Gasteiger partial charge in [-0.25, -0.2) is 4.98 Å². The van der Waals surface area contributed by atoms with Crippen LogP contribution in [0.15, 0.2) is 35.9 Å². The van der Waals surface area contributed by atoms with Crippen molar-refractivity contribution in [1.82, 2.24) is 9.88 Å². The quantitative estimate of drug-likeness (QED) is 0.719. The standard InChI is InChI=1S/C20H23N3O4S/c1-26-17-11-14(4-6-16(17)27-13-18(21)24)5-7-19(25)23-9-2-3-15(12-23)20-22-8-10-28-20/h4-8,10-11,15H,2-3,9,12-13H2,1H3,(H2,21,24)/b7-5+. The van der Waals surface area contributed by atoms with Crippen LogP contribution in [-0.2, 0) is 9.59 Å². The summed E-state index contributed by atoms with van der Waals surface area (Å²) >= 11 is 1.64. The number of likely N-dealkylation sites (tertiary alicyclic amines) is 1. The summed E-state index contributed by atoms with van der Waals surface area (Å²) in [7, 11) is 1.51. The molecule has 3 rings (SSSR count). The van der Waals surface area contributed by atoms with Crippen LogP contribution in [0.1, 0.15) is 29.3 Å². The summed E-state index contributed by atoms with van der Waals surface area (Å²) < 4.78 is 10.6. The topological polar surface area (TPSA) is 94.8 Å². The van der Waals surface area contributed by atoms with Gasteiger partial charge in [-0.3, -0.25) is 9.59 Å². The highest BCUT2D eigenvalue weighted by Gasteiger charge is 2.25. The third-order valence-corrected chi connectivity index (χ3v) is 5.45. The third kappa shape index (κ3) is 5.10. The Hall–Kier alpha value is -2.87. The molecule has 148 valence electrons. The highest BCUT2D eigenvalue weighted by molar-refractivity contribution is 7.09. The van der Waals surface area contributed by atoms with Gasteiger partial charge in [0.2, 0.25) is 5.91 Å². The number of carbonyl (C=O) groups is 2. The number of ether oxygens (including phenoxy) is 2. The average Bonchev–Trinajstić information content (AvgIpc) is 3.25. The van der Waals surface area contributed by atoms with Crippen molar-refractivity contribution in [3.8, 4) is 11.5 Å². The minimum absolute atomic E-state index is 0.0192. The Morgan fingerprint density at radius 1 is 1.39 bits per heavy atom. The van der Waals surface area contributed by atoms with Gasteiger partial charge in [0.15, 0.2) is 18.1 Å². The predicted octanol–water partition coefficient (Wildman–Crippen LogP) is 2.44. The number of rotatable bonds is 7. The van der Waals surface area contributed by atoms with Gasteiger partial charge in [-0.2, -0.15) is 0 Å². The van der Waals surface area contributed by atoms with Crippen LogP contribution in [0, 0.1) is 0 Å². The largest absolute Gasteiger partial charge is 0.493 e. The number of nitrogens with two attached hydrogens (primary N) is 1. The van der Waals surface area contributed by atoms with Crippen molar-refractivity contribution < 1.29 is 19.1 Å². The second-order valence-electron chi connectivity index (χ2n) is 6.49. The molecule has 8 heteroatoms. The van der Waals surface area contributed by atoms with E-state index in [0.717, 1.165) is 30.0 Å². The van der Waals surface area contributed by atoms with E-state index in [1.807, 2.05) is 16.5 Å². The molecule has 2 aromatic rings. The van der Waals surface area contributed by atoms with Gasteiger partial charge < -0.3 is 20.1 Å². The van der Waals surface area contributed by atoms with E-state index in [-0.39, 0.29) is 12.5 Å². The van der Waals surface area contributed by atoms with Crippen LogP contribution in [0.3, 0.4) is 0 Å². The minimum Gasteiger partial charge on any atom is -0.493 e. The molecule has 1 aromatic heterocycles. The molecule has 7 nitrogen and oxygen atoms in total. The molecule has 0 radical (unpaired) electrons. The van der Waals surface area contributed by atoms with Gasteiger partial charge in [-0.15, -0.1) is 11.3 Å². The second kappa shape index (κ2) is 9.36. The molecule has 1 fully saturated rings. The summed E-state index contributed by atoms with van der Waals surface area (Å²) in [4.78, 5) is 29.7. The maximum atomic E-state index is 12.6. The van der Waals surface area contributed by atoms with Gasteiger partial charge >= 0.3 is 0 Å². The van der Waals surface area contributed by atoms with Crippen LogP contribution in [0.2, 0.25) is 0 Å².